The van der Waals surface area contributed by atoms with E-state index in [4.69, 9.17) is 46.4 Å². The van der Waals surface area contributed by atoms with Crippen molar-refractivity contribution in [3.63, 3.8) is 0 Å². The average Bonchev–Trinajstić information content (AvgIpc) is 3.32. The molecule has 0 radical (unpaired) electrons. The van der Waals surface area contributed by atoms with Crippen molar-refractivity contribution in [1.29, 1.82) is 0 Å². The molecular formula is C22H15Cl4N7O. The summed E-state index contributed by atoms with van der Waals surface area (Å²) in [5, 5.41) is 7.52. The molecule has 3 heterocycles. The highest BCUT2D eigenvalue weighted by molar-refractivity contribution is 6.43. The normalized spacial score (nSPS) is 17.1. The molecule has 2 aromatic carbocycles. The summed E-state index contributed by atoms with van der Waals surface area (Å²) in [6.45, 7) is 3.76. The number of hydrogen-bond donors (Lipinski definition) is 1. The van der Waals surface area contributed by atoms with Crippen LogP contribution in [0.4, 0.5) is 11.4 Å². The van der Waals surface area contributed by atoms with Crippen LogP contribution < -0.4 is 10.4 Å². The van der Waals surface area contributed by atoms with Gasteiger partial charge in [0.1, 0.15) is 12.0 Å². The van der Waals surface area contributed by atoms with Crippen molar-refractivity contribution < 1.29 is 4.79 Å². The molecule has 1 amide bonds. The van der Waals surface area contributed by atoms with Gasteiger partial charge in [-0.05, 0) is 43.7 Å². The van der Waals surface area contributed by atoms with Crippen molar-refractivity contribution >= 4 is 80.6 Å². The summed E-state index contributed by atoms with van der Waals surface area (Å²) >= 11 is 25.3. The summed E-state index contributed by atoms with van der Waals surface area (Å²) in [6, 6.07) is 7.44. The fourth-order valence-corrected chi connectivity index (χ4v) is 4.84. The van der Waals surface area contributed by atoms with E-state index in [1.54, 1.807) is 12.3 Å². The third-order valence-corrected chi connectivity index (χ3v) is 6.44. The lowest BCUT2D eigenvalue weighted by Gasteiger charge is -2.19. The molecule has 1 atom stereocenters. The summed E-state index contributed by atoms with van der Waals surface area (Å²) in [7, 11) is 0. The number of halogens is 4. The number of nitrogens with one attached hydrogen (secondary N) is 1. The molecule has 2 aromatic heterocycles. The monoisotopic (exact) mass is 533 g/mol. The van der Waals surface area contributed by atoms with Gasteiger partial charge in [-0.25, -0.2) is 24.7 Å². The maximum absolute atomic E-state index is 13.8. The van der Waals surface area contributed by atoms with Gasteiger partial charge in [0.2, 0.25) is 0 Å². The van der Waals surface area contributed by atoms with Crippen LogP contribution in [0, 0.1) is 13.8 Å². The van der Waals surface area contributed by atoms with Crippen LogP contribution in [-0.2, 0) is 4.79 Å². The van der Waals surface area contributed by atoms with E-state index >= 15 is 0 Å². The largest absolute Gasteiger partial charge is 0.278 e. The van der Waals surface area contributed by atoms with Gasteiger partial charge in [-0.15, -0.1) is 0 Å². The fourth-order valence-electron chi connectivity index (χ4n) is 3.70. The molecule has 8 nitrogen and oxygen atoms in total. The lowest BCUT2D eigenvalue weighted by atomic mass is 10.2. The molecule has 172 valence electrons. The van der Waals surface area contributed by atoms with Crippen molar-refractivity contribution in [2.24, 2.45) is 4.99 Å². The molecule has 34 heavy (non-hydrogen) atoms. The van der Waals surface area contributed by atoms with Gasteiger partial charge in [0, 0.05) is 5.02 Å². The molecule has 0 aliphatic carbocycles. The van der Waals surface area contributed by atoms with Crippen LogP contribution in [0.1, 0.15) is 17.3 Å². The molecule has 1 N–H and O–H groups in total. The minimum absolute atomic E-state index is 0.190. The SMILES string of the molecule is Cc1ccc(Cl)c(N=C2NN(c3c(Cl)cc(Cl)cc3Cl)C(=O)C2n2ncc3c(C)ncnc32)c1. The van der Waals surface area contributed by atoms with Gasteiger partial charge in [-0.2, -0.15) is 5.10 Å². The predicted molar refractivity (Wildman–Crippen MR) is 134 cm³/mol. The Kier molecular flexibility index (Phi) is 5.85. The summed E-state index contributed by atoms with van der Waals surface area (Å²) in [6.07, 6.45) is 3.03. The third-order valence-electron chi connectivity index (χ3n) is 5.32. The first-order valence-corrected chi connectivity index (χ1v) is 11.5. The maximum atomic E-state index is 13.8. The third kappa shape index (κ3) is 3.86. The quantitative estimate of drug-likeness (QED) is 0.354. The highest BCUT2D eigenvalue weighted by atomic mass is 35.5. The number of nitrogens with zero attached hydrogens (tertiary/aromatic N) is 6. The van der Waals surface area contributed by atoms with Crippen LogP contribution >= 0.6 is 46.4 Å². The Morgan fingerprint density at radius 3 is 2.47 bits per heavy atom. The predicted octanol–water partition coefficient (Wildman–Crippen LogP) is 5.88. The fraction of sp³-hybridized carbons (Fsp3) is 0.136. The van der Waals surface area contributed by atoms with Crippen molar-refractivity contribution in [1.82, 2.24) is 25.2 Å². The van der Waals surface area contributed by atoms with E-state index in [2.05, 4.69) is 25.5 Å². The number of aryl methyl sites for hydroxylation is 2. The molecule has 0 bridgehead atoms. The molecule has 5 rings (SSSR count). The van der Waals surface area contributed by atoms with Crippen LogP contribution in [0.3, 0.4) is 0 Å². The number of amides is 1. The molecule has 1 aliphatic rings. The second kappa shape index (κ2) is 8.70. The van der Waals surface area contributed by atoms with Crippen LogP contribution in [0.15, 0.2) is 47.8 Å². The maximum Gasteiger partial charge on any atom is 0.278 e. The van der Waals surface area contributed by atoms with Gasteiger partial charge in [-0.1, -0.05) is 52.5 Å². The number of benzene rings is 2. The van der Waals surface area contributed by atoms with Crippen molar-refractivity contribution in [3.8, 4) is 0 Å². The standard InChI is InChI=1S/C22H15Cl4N7O/c1-10-3-4-14(24)17(5-10)30-20-19(32-21-13(8-29-32)11(2)27-9-28-21)22(34)33(31-20)18-15(25)6-12(23)7-16(18)26/h3-9,19H,1-2H3,(H,30,31). The summed E-state index contributed by atoms with van der Waals surface area (Å²) in [5.74, 6) is -0.157. The second-order valence-corrected chi connectivity index (χ2v) is 9.30. The van der Waals surface area contributed by atoms with Crippen molar-refractivity contribution in [2.75, 3.05) is 5.01 Å². The number of hydrazine groups is 1. The number of fused-ring (bicyclic) bond motifs is 1. The van der Waals surface area contributed by atoms with E-state index in [9.17, 15) is 4.79 Å². The first kappa shape index (κ1) is 22.9. The van der Waals surface area contributed by atoms with E-state index < -0.39 is 11.9 Å². The van der Waals surface area contributed by atoms with Crippen LogP contribution in [-0.4, -0.2) is 31.5 Å². The minimum Gasteiger partial charge on any atom is -0.276 e. The zero-order chi connectivity index (χ0) is 24.1. The Bertz CT molecular complexity index is 1480. The van der Waals surface area contributed by atoms with Crippen molar-refractivity contribution in [3.05, 3.63) is 74.2 Å². The van der Waals surface area contributed by atoms with Crippen LogP contribution in [0.2, 0.25) is 20.1 Å². The molecule has 1 fully saturated rings. The Balaban J connectivity index is 1.71. The number of aromatic nitrogens is 4. The smallest absolute Gasteiger partial charge is 0.276 e. The molecular weight excluding hydrogens is 520 g/mol. The average molecular weight is 535 g/mol. The number of aliphatic imine (C=N–C) groups is 1. The molecule has 0 spiro atoms. The van der Waals surface area contributed by atoms with E-state index in [-0.39, 0.29) is 21.6 Å². The first-order chi connectivity index (χ1) is 16.2. The van der Waals surface area contributed by atoms with E-state index in [1.807, 2.05) is 26.0 Å². The van der Waals surface area contributed by atoms with Crippen molar-refractivity contribution in [2.45, 2.75) is 19.9 Å². The Morgan fingerprint density at radius 1 is 1.00 bits per heavy atom. The topological polar surface area (TPSA) is 88.3 Å². The van der Waals surface area contributed by atoms with Gasteiger partial charge in [0.15, 0.2) is 17.5 Å². The number of anilines is 1. The number of hydrogen-bond acceptors (Lipinski definition) is 5. The van der Waals surface area contributed by atoms with E-state index in [0.29, 0.717) is 26.8 Å². The molecule has 1 saturated heterocycles. The Hall–Kier alpha value is -2.91. The highest BCUT2D eigenvalue weighted by Crippen LogP contribution is 2.39. The van der Waals surface area contributed by atoms with Gasteiger partial charge < -0.3 is 0 Å². The molecule has 12 heteroatoms. The molecule has 4 aromatic rings. The lowest BCUT2D eigenvalue weighted by Crippen LogP contribution is -2.36. The summed E-state index contributed by atoms with van der Waals surface area (Å²) < 4.78 is 1.49. The second-order valence-electron chi connectivity index (χ2n) is 7.64. The van der Waals surface area contributed by atoms with Gasteiger partial charge in [0.25, 0.3) is 5.91 Å². The van der Waals surface area contributed by atoms with Crippen LogP contribution in [0.5, 0.6) is 0 Å². The molecule has 1 aliphatic heterocycles. The van der Waals surface area contributed by atoms with Gasteiger partial charge in [0.05, 0.1) is 38.0 Å². The number of amidine groups is 1. The summed E-state index contributed by atoms with van der Waals surface area (Å²) in [5.41, 5.74) is 5.92. The molecule has 0 saturated carbocycles. The molecule has 1 unspecified atom stereocenters. The zero-order valence-electron chi connectivity index (χ0n) is 17.7. The first-order valence-electron chi connectivity index (χ1n) is 9.99. The summed E-state index contributed by atoms with van der Waals surface area (Å²) in [4.78, 5) is 27.0. The van der Waals surface area contributed by atoms with Gasteiger partial charge >= 0.3 is 0 Å². The number of carbonyl (C=O) groups excluding carboxylic acids is 1. The van der Waals surface area contributed by atoms with Crippen LogP contribution in [0.25, 0.3) is 11.0 Å². The van der Waals surface area contributed by atoms with Gasteiger partial charge in [-0.3, -0.25) is 10.2 Å². The lowest BCUT2D eigenvalue weighted by molar-refractivity contribution is -0.119. The zero-order valence-corrected chi connectivity index (χ0v) is 20.7. The highest BCUT2D eigenvalue weighted by Gasteiger charge is 2.43. The number of carbonyl (C=O) groups is 1. The van der Waals surface area contributed by atoms with E-state index in [0.717, 1.165) is 11.3 Å². The minimum atomic E-state index is -0.994. The Morgan fingerprint density at radius 2 is 1.74 bits per heavy atom. The Labute approximate surface area is 214 Å². The number of rotatable bonds is 3. The van der Waals surface area contributed by atoms with E-state index in [1.165, 1.54) is 28.2 Å².